The van der Waals surface area contributed by atoms with Crippen LogP contribution in [0.3, 0.4) is 0 Å². The summed E-state index contributed by atoms with van der Waals surface area (Å²) in [4.78, 5) is 24.7. The fourth-order valence-corrected chi connectivity index (χ4v) is 2.78. The highest BCUT2D eigenvalue weighted by Crippen LogP contribution is 2.38. The Balaban J connectivity index is 2.21. The van der Waals surface area contributed by atoms with Gasteiger partial charge in [-0.3, -0.25) is 4.90 Å². The van der Waals surface area contributed by atoms with Gasteiger partial charge in [-0.2, -0.15) is 0 Å². The highest BCUT2D eigenvalue weighted by Gasteiger charge is 2.49. The first-order valence-electron chi connectivity index (χ1n) is 6.24. The minimum absolute atomic E-state index is 0.404. The van der Waals surface area contributed by atoms with Crippen molar-refractivity contribution in [1.29, 1.82) is 0 Å². The quantitative estimate of drug-likeness (QED) is 0.801. The van der Waals surface area contributed by atoms with E-state index in [1.165, 1.54) is 4.90 Å². The van der Waals surface area contributed by atoms with Crippen LogP contribution < -0.4 is 0 Å². The monoisotopic (exact) mass is 241 g/mol. The second kappa shape index (κ2) is 4.55. The van der Waals surface area contributed by atoms with Crippen LogP contribution in [0.25, 0.3) is 0 Å². The Hall–Kier alpha value is -1.26. The largest absolute Gasteiger partial charge is 0.479 e. The van der Waals surface area contributed by atoms with Crippen molar-refractivity contribution in [3.8, 4) is 0 Å². The normalized spacial score (nSPS) is 34.3. The van der Waals surface area contributed by atoms with Crippen LogP contribution in [0.2, 0.25) is 0 Å². The summed E-state index contributed by atoms with van der Waals surface area (Å²) in [5, 5.41) is 9.50. The number of carbonyl (C=O) groups is 2. The molecule has 0 radical (unpaired) electrons. The number of nitrogens with zero attached hydrogens (tertiary/aromatic N) is 1. The van der Waals surface area contributed by atoms with Gasteiger partial charge in [0.1, 0.15) is 5.54 Å². The zero-order valence-electron chi connectivity index (χ0n) is 10.1. The molecular formula is C12H19NO4. The predicted octanol–water partition coefficient (Wildman–Crippen LogP) is 1.86. The molecule has 2 aliphatic rings. The molecular weight excluding hydrogens is 222 g/mol. The number of aliphatic carboxylic acids is 1. The second-order valence-corrected chi connectivity index (χ2v) is 5.14. The van der Waals surface area contributed by atoms with Crippen molar-refractivity contribution >= 4 is 12.1 Å². The molecule has 5 heteroatoms. The molecule has 1 saturated heterocycles. The zero-order chi connectivity index (χ0) is 12.5. The van der Waals surface area contributed by atoms with E-state index in [0.717, 1.165) is 19.3 Å². The third kappa shape index (κ3) is 2.10. The number of hydrogen-bond donors (Lipinski definition) is 1. The standard InChI is InChI=1S/C12H19NO4/c1-9-3-5-12(6-4-9,10(14)15)13-7-2-8-17-11(13)16/h9H,2-8H2,1H3,(H,14,15). The summed E-state index contributed by atoms with van der Waals surface area (Å²) in [5.74, 6) is -0.341. The predicted molar refractivity (Wildman–Crippen MR) is 60.7 cm³/mol. The molecule has 17 heavy (non-hydrogen) atoms. The lowest BCUT2D eigenvalue weighted by atomic mass is 9.76. The molecule has 96 valence electrons. The zero-order valence-corrected chi connectivity index (χ0v) is 10.1. The first-order chi connectivity index (χ1) is 8.06. The molecule has 2 fully saturated rings. The van der Waals surface area contributed by atoms with E-state index in [-0.39, 0.29) is 0 Å². The third-order valence-corrected chi connectivity index (χ3v) is 3.99. The molecule has 0 atom stereocenters. The van der Waals surface area contributed by atoms with E-state index in [4.69, 9.17) is 4.74 Å². The second-order valence-electron chi connectivity index (χ2n) is 5.14. The summed E-state index contributed by atoms with van der Waals surface area (Å²) >= 11 is 0. The highest BCUT2D eigenvalue weighted by molar-refractivity contribution is 5.84. The van der Waals surface area contributed by atoms with E-state index in [0.29, 0.717) is 31.9 Å². The van der Waals surface area contributed by atoms with Gasteiger partial charge >= 0.3 is 12.1 Å². The van der Waals surface area contributed by atoms with Crippen molar-refractivity contribution in [3.05, 3.63) is 0 Å². The Kier molecular flexibility index (Phi) is 3.26. The number of cyclic esters (lactones) is 1. The molecule has 0 spiro atoms. The minimum atomic E-state index is -1.02. The first kappa shape index (κ1) is 12.2. The first-order valence-corrected chi connectivity index (χ1v) is 6.24. The number of amides is 1. The van der Waals surface area contributed by atoms with Crippen LogP contribution in [0.4, 0.5) is 4.79 Å². The Morgan fingerprint density at radius 2 is 2.12 bits per heavy atom. The lowest BCUT2D eigenvalue weighted by Gasteiger charge is -2.45. The topological polar surface area (TPSA) is 66.8 Å². The SMILES string of the molecule is CC1CCC(C(=O)O)(N2CCCOC2=O)CC1. The highest BCUT2D eigenvalue weighted by atomic mass is 16.6. The van der Waals surface area contributed by atoms with Crippen LogP contribution in [0.15, 0.2) is 0 Å². The van der Waals surface area contributed by atoms with Crippen LogP contribution in [0.1, 0.15) is 39.0 Å². The van der Waals surface area contributed by atoms with Crippen LogP contribution in [-0.4, -0.2) is 40.8 Å². The fraction of sp³-hybridized carbons (Fsp3) is 0.833. The van der Waals surface area contributed by atoms with Gasteiger partial charge in [-0.15, -0.1) is 0 Å². The van der Waals surface area contributed by atoms with E-state index in [2.05, 4.69) is 6.92 Å². The van der Waals surface area contributed by atoms with Gasteiger partial charge in [0.05, 0.1) is 6.61 Å². The lowest BCUT2D eigenvalue weighted by Crippen LogP contribution is -2.60. The van der Waals surface area contributed by atoms with Crippen molar-refractivity contribution in [2.45, 2.75) is 44.6 Å². The van der Waals surface area contributed by atoms with Gasteiger partial charge in [0.2, 0.25) is 0 Å². The third-order valence-electron chi connectivity index (χ3n) is 3.99. The summed E-state index contributed by atoms with van der Waals surface area (Å²) in [6.45, 7) is 3.03. The van der Waals surface area contributed by atoms with E-state index < -0.39 is 17.6 Å². The number of carbonyl (C=O) groups excluding carboxylic acids is 1. The maximum atomic E-state index is 11.7. The summed E-state index contributed by atoms with van der Waals surface area (Å²) < 4.78 is 4.97. The number of ether oxygens (including phenoxy) is 1. The molecule has 0 aromatic carbocycles. The molecule has 0 bridgehead atoms. The molecule has 1 heterocycles. The van der Waals surface area contributed by atoms with Crippen molar-refractivity contribution in [2.75, 3.05) is 13.2 Å². The summed E-state index contributed by atoms with van der Waals surface area (Å²) in [6.07, 6.45) is 3.05. The summed E-state index contributed by atoms with van der Waals surface area (Å²) in [5.41, 5.74) is -1.02. The molecule has 0 unspecified atom stereocenters. The van der Waals surface area contributed by atoms with Gasteiger partial charge in [0.15, 0.2) is 0 Å². The number of carboxylic acid groups (broad SMARTS) is 1. The Bertz CT molecular complexity index is 320. The van der Waals surface area contributed by atoms with Gasteiger partial charge in [-0.05, 0) is 38.0 Å². The number of rotatable bonds is 2. The van der Waals surface area contributed by atoms with E-state index >= 15 is 0 Å². The molecule has 1 N–H and O–H groups in total. The van der Waals surface area contributed by atoms with Gasteiger partial charge in [0.25, 0.3) is 0 Å². The summed E-state index contributed by atoms with van der Waals surface area (Å²) in [7, 11) is 0. The van der Waals surface area contributed by atoms with Gasteiger partial charge in [-0.25, -0.2) is 9.59 Å². The molecule has 1 saturated carbocycles. The van der Waals surface area contributed by atoms with Gasteiger partial charge in [0, 0.05) is 6.54 Å². The Morgan fingerprint density at radius 3 is 2.65 bits per heavy atom. The number of hydrogen-bond acceptors (Lipinski definition) is 3. The molecule has 0 aromatic heterocycles. The molecule has 0 aromatic rings. The Labute approximate surface area is 101 Å². The molecule has 5 nitrogen and oxygen atoms in total. The van der Waals surface area contributed by atoms with Crippen molar-refractivity contribution in [2.24, 2.45) is 5.92 Å². The van der Waals surface area contributed by atoms with Crippen LogP contribution >= 0.6 is 0 Å². The van der Waals surface area contributed by atoms with Crippen LogP contribution in [0.5, 0.6) is 0 Å². The molecule has 1 amide bonds. The fourth-order valence-electron chi connectivity index (χ4n) is 2.78. The van der Waals surface area contributed by atoms with E-state index in [1.54, 1.807) is 0 Å². The van der Waals surface area contributed by atoms with Gasteiger partial charge < -0.3 is 9.84 Å². The van der Waals surface area contributed by atoms with E-state index in [1.807, 2.05) is 0 Å². The maximum Gasteiger partial charge on any atom is 0.410 e. The smallest absolute Gasteiger partial charge is 0.410 e. The van der Waals surface area contributed by atoms with Crippen LogP contribution in [0, 0.1) is 5.92 Å². The molecule has 1 aliphatic heterocycles. The van der Waals surface area contributed by atoms with Crippen LogP contribution in [-0.2, 0) is 9.53 Å². The van der Waals surface area contributed by atoms with Crippen molar-refractivity contribution in [1.82, 2.24) is 4.90 Å². The molecule has 2 rings (SSSR count). The van der Waals surface area contributed by atoms with E-state index in [9.17, 15) is 14.7 Å². The van der Waals surface area contributed by atoms with Gasteiger partial charge in [-0.1, -0.05) is 6.92 Å². The summed E-state index contributed by atoms with van der Waals surface area (Å²) in [6, 6.07) is 0. The maximum absolute atomic E-state index is 11.7. The molecule has 1 aliphatic carbocycles. The Morgan fingerprint density at radius 1 is 1.47 bits per heavy atom. The van der Waals surface area contributed by atoms with Crippen molar-refractivity contribution < 1.29 is 19.4 Å². The lowest BCUT2D eigenvalue weighted by molar-refractivity contribution is -0.154. The minimum Gasteiger partial charge on any atom is -0.479 e. The number of carboxylic acids is 1. The average Bonchev–Trinajstić information content (AvgIpc) is 2.31. The van der Waals surface area contributed by atoms with Crippen molar-refractivity contribution in [3.63, 3.8) is 0 Å². The average molecular weight is 241 g/mol.